The van der Waals surface area contributed by atoms with Crippen LogP contribution in [0.5, 0.6) is 0 Å². The number of benzene rings is 4. The van der Waals surface area contributed by atoms with Crippen LogP contribution in [0, 0.1) is 6.16 Å². The molecule has 0 aliphatic carbocycles. The third kappa shape index (κ3) is 7.44. The number of hydrogen-bond acceptors (Lipinski definition) is 0. The van der Waals surface area contributed by atoms with Crippen molar-refractivity contribution in [3.63, 3.8) is 0 Å². The molecule has 0 aliphatic rings. The molecule has 4 rings (SSSR count). The van der Waals surface area contributed by atoms with Crippen molar-refractivity contribution in [1.82, 2.24) is 0 Å². The van der Waals surface area contributed by atoms with Gasteiger partial charge in [0.1, 0.15) is 0 Å². The zero-order valence-corrected chi connectivity index (χ0v) is 22.2. The first kappa shape index (κ1) is 26.1. The van der Waals surface area contributed by atoms with E-state index in [1.165, 1.54) is 27.4 Å². The van der Waals surface area contributed by atoms with Crippen LogP contribution >= 0.6 is 25.7 Å². The van der Waals surface area contributed by atoms with E-state index in [1.54, 1.807) is 0 Å². The first-order valence-electron chi connectivity index (χ1n) is 10.0. The van der Waals surface area contributed by atoms with Gasteiger partial charge in [-0.1, -0.05) is 138 Å². The molecule has 1 unspecified atom stereocenters. The molecule has 0 radical (unpaired) electrons. The maximum Gasteiger partial charge on any atom is 0 e. The van der Waals surface area contributed by atoms with E-state index in [1.807, 2.05) is 0 Å². The maximum atomic E-state index is 2.57. The summed E-state index contributed by atoms with van der Waals surface area (Å²) in [6.07, 6.45) is 4.87. The Kier molecular flexibility index (Phi) is 11.8. The van der Waals surface area contributed by atoms with Gasteiger partial charge in [-0.15, -0.1) is 0 Å². The Bertz CT molecular complexity index is 818. The number of hydrogen-bond donors (Lipinski definition) is 0. The van der Waals surface area contributed by atoms with Crippen LogP contribution in [0.2, 0.25) is 0 Å². The van der Waals surface area contributed by atoms with Crippen molar-refractivity contribution < 1.29 is 20.4 Å². The van der Waals surface area contributed by atoms with Crippen molar-refractivity contribution in [2.24, 2.45) is 0 Å². The third-order valence-electron chi connectivity index (χ3n) is 4.87. The second-order valence-corrected chi connectivity index (χ2v) is 11.3. The average molecular weight is 552 g/mol. The molecular weight excluding hydrogens is 524 g/mol. The van der Waals surface area contributed by atoms with Crippen LogP contribution in [0.3, 0.4) is 0 Å². The summed E-state index contributed by atoms with van der Waals surface area (Å²) in [6, 6.07) is 43.9. The predicted octanol–water partition coefficient (Wildman–Crippen LogP) is 5.86. The van der Waals surface area contributed by atoms with E-state index in [9.17, 15) is 0 Å². The van der Waals surface area contributed by atoms with Gasteiger partial charge in [0.25, 0.3) is 0 Å². The topological polar surface area (TPSA) is 0 Å². The van der Waals surface area contributed by atoms with Gasteiger partial charge >= 0.3 is 0 Å². The van der Waals surface area contributed by atoms with Gasteiger partial charge in [-0.05, 0) is 18.5 Å². The zero-order valence-electron chi connectivity index (χ0n) is 17.5. The van der Waals surface area contributed by atoms with Gasteiger partial charge in [0.2, 0.25) is 0 Å². The molecule has 0 nitrogen and oxygen atoms in total. The van der Waals surface area contributed by atoms with Crippen LogP contribution in [0.4, 0.5) is 0 Å². The zero-order chi connectivity index (χ0) is 19.7. The van der Waals surface area contributed by atoms with Crippen LogP contribution < -0.4 is 21.2 Å². The van der Waals surface area contributed by atoms with Crippen molar-refractivity contribution >= 4 is 47.0 Å². The first-order valence-corrected chi connectivity index (χ1v) is 13.0. The van der Waals surface area contributed by atoms with Gasteiger partial charge in [0.05, 0.1) is 0 Å². The second-order valence-electron chi connectivity index (χ2n) is 6.84. The minimum atomic E-state index is -0.434. The van der Waals surface area contributed by atoms with Crippen molar-refractivity contribution in [1.29, 1.82) is 0 Å². The van der Waals surface area contributed by atoms with Crippen LogP contribution in [-0.2, 0) is 20.4 Å². The fraction of sp³-hybridized carbons (Fsp3) is 0.0741. The SMILES string of the molecule is P.[Pd].c1ccc(P([CH-]CCP(c2ccccc2)c2ccccc2)c2ccccc2)cc1. The third-order valence-corrected chi connectivity index (χ3v) is 9.75. The van der Waals surface area contributed by atoms with E-state index in [0.29, 0.717) is 0 Å². The molecule has 0 fully saturated rings. The molecule has 0 amide bonds. The Morgan fingerprint density at radius 1 is 0.484 bits per heavy atom. The Balaban J connectivity index is 0.00000171. The van der Waals surface area contributed by atoms with Crippen molar-refractivity contribution in [3.05, 3.63) is 127 Å². The molecule has 31 heavy (non-hydrogen) atoms. The fourth-order valence-corrected chi connectivity index (χ4v) is 8.04. The van der Waals surface area contributed by atoms with E-state index in [0.717, 1.165) is 6.42 Å². The van der Waals surface area contributed by atoms with Crippen molar-refractivity contribution in [2.75, 3.05) is 6.16 Å². The van der Waals surface area contributed by atoms with E-state index < -0.39 is 7.92 Å². The van der Waals surface area contributed by atoms with E-state index >= 15 is 0 Å². The summed E-state index contributed by atoms with van der Waals surface area (Å²) in [5, 5.41) is 5.78. The molecule has 0 spiro atoms. The van der Waals surface area contributed by atoms with E-state index in [4.69, 9.17) is 0 Å². The molecule has 162 valence electrons. The maximum absolute atomic E-state index is 2.57. The monoisotopic (exact) mass is 551 g/mol. The molecular formula is C27H28P3Pd-. The minimum Gasteiger partial charge on any atom is -0.293 e. The summed E-state index contributed by atoms with van der Waals surface area (Å²) >= 11 is 0. The second kappa shape index (κ2) is 14.1. The molecule has 0 heterocycles. The molecule has 1 atom stereocenters. The Labute approximate surface area is 206 Å². The van der Waals surface area contributed by atoms with Gasteiger partial charge in [-0.3, -0.25) is 6.16 Å². The molecule has 4 heteroatoms. The normalized spacial score (nSPS) is 10.4. The molecule has 0 aliphatic heterocycles. The van der Waals surface area contributed by atoms with Crippen LogP contribution in [0.25, 0.3) is 0 Å². The molecule has 0 saturated carbocycles. The van der Waals surface area contributed by atoms with Gasteiger partial charge in [-0.25, -0.2) is 7.92 Å². The summed E-state index contributed by atoms with van der Waals surface area (Å²) in [4.78, 5) is 0. The van der Waals surface area contributed by atoms with Crippen molar-refractivity contribution in [3.8, 4) is 0 Å². The van der Waals surface area contributed by atoms with Crippen molar-refractivity contribution in [2.45, 2.75) is 6.42 Å². The summed E-state index contributed by atoms with van der Waals surface area (Å²) in [5.74, 6) is 0. The van der Waals surface area contributed by atoms with Gasteiger partial charge in [-0.2, -0.15) is 16.3 Å². The molecule has 4 aromatic carbocycles. The smallest absolute Gasteiger partial charge is 0 e. The number of rotatable bonds is 8. The summed E-state index contributed by atoms with van der Waals surface area (Å²) < 4.78 is 0. The quantitative estimate of drug-likeness (QED) is 0.146. The summed E-state index contributed by atoms with van der Waals surface area (Å²) in [7, 11) is -0.774. The molecule has 0 N–H and O–H groups in total. The molecule has 0 aromatic heterocycles. The average Bonchev–Trinajstić information content (AvgIpc) is 2.81. The van der Waals surface area contributed by atoms with Crippen LogP contribution in [0.15, 0.2) is 121 Å². The summed E-state index contributed by atoms with van der Waals surface area (Å²) in [5.41, 5.74) is 0. The Morgan fingerprint density at radius 2 is 0.806 bits per heavy atom. The van der Waals surface area contributed by atoms with Gasteiger partial charge < -0.3 is 0 Å². The fourth-order valence-electron chi connectivity index (χ4n) is 3.48. The Morgan fingerprint density at radius 3 is 1.16 bits per heavy atom. The minimum absolute atomic E-state index is 0. The first-order chi connectivity index (χ1) is 14.4. The molecule has 0 bridgehead atoms. The van der Waals surface area contributed by atoms with Crippen LogP contribution in [-0.4, -0.2) is 6.16 Å². The van der Waals surface area contributed by atoms with Crippen LogP contribution in [0.1, 0.15) is 6.42 Å². The predicted molar refractivity (Wildman–Crippen MR) is 143 cm³/mol. The molecule has 4 aromatic rings. The Hall–Kier alpha value is -1.17. The largest absolute Gasteiger partial charge is 0.293 e. The standard InChI is InChI=1S/C27H25P2.H3P.Pd/c1-5-14-24(15-6-1)28(25-16-7-2-8-17-25)22-13-23-29(26-18-9-3-10-19-26)27-20-11-4-12-21-27;;/h1-12,14-22H,13,23H2;1H3;/q-1;;. The van der Waals surface area contributed by atoms with Gasteiger partial charge in [0.15, 0.2) is 0 Å². The molecule has 0 saturated heterocycles. The van der Waals surface area contributed by atoms with E-state index in [2.05, 4.69) is 127 Å². The van der Waals surface area contributed by atoms with E-state index in [-0.39, 0.29) is 38.2 Å². The summed E-state index contributed by atoms with van der Waals surface area (Å²) in [6.45, 7) is 0. The van der Waals surface area contributed by atoms with Gasteiger partial charge in [0, 0.05) is 20.4 Å².